The Kier molecular flexibility index (Phi) is 7.61. The summed E-state index contributed by atoms with van der Waals surface area (Å²) in [6, 6.07) is 0. The molecule has 4 N–H and O–H groups in total. The summed E-state index contributed by atoms with van der Waals surface area (Å²) in [6.45, 7) is 2.79. The Morgan fingerprint density at radius 1 is 0.944 bits per heavy atom. The Bertz CT molecular complexity index is 337. The van der Waals surface area contributed by atoms with E-state index in [-0.39, 0.29) is 39.0 Å². The third kappa shape index (κ3) is 3.17. The van der Waals surface area contributed by atoms with Gasteiger partial charge >= 0.3 is 17.9 Å². The van der Waals surface area contributed by atoms with E-state index in [1.165, 1.54) is 13.8 Å². The largest absolute Gasteiger partial charge is 0.481 e. The van der Waals surface area contributed by atoms with Crippen molar-refractivity contribution < 1.29 is 61.0 Å². The quantitative estimate of drug-likeness (QED) is 0.519. The molecule has 0 aliphatic rings. The van der Waals surface area contributed by atoms with Crippen LogP contribution >= 0.6 is 0 Å². The number of rotatable bonds is 7. The Hall–Kier alpha value is -0.747. The molecule has 0 aliphatic heterocycles. The van der Waals surface area contributed by atoms with E-state index in [0.29, 0.717) is 0 Å². The van der Waals surface area contributed by atoms with E-state index in [1.807, 2.05) is 0 Å². The molecule has 0 bridgehead atoms. The van der Waals surface area contributed by atoms with Crippen molar-refractivity contribution in [1.82, 2.24) is 0 Å². The van der Waals surface area contributed by atoms with Crippen molar-refractivity contribution in [3.8, 4) is 0 Å². The summed E-state index contributed by atoms with van der Waals surface area (Å²) in [7, 11) is 0. The van der Waals surface area contributed by atoms with Gasteiger partial charge in [0.1, 0.15) is 5.41 Å². The fourth-order valence-electron chi connectivity index (χ4n) is 1.98. The van der Waals surface area contributed by atoms with Crippen LogP contribution in [0.3, 0.4) is 0 Å². The fourth-order valence-corrected chi connectivity index (χ4v) is 1.98. The number of aliphatic carboxylic acids is 3. The smallest absolute Gasteiger partial charge is 0.337 e. The molecular weight excluding hydrogens is 323 g/mol. The summed E-state index contributed by atoms with van der Waals surface area (Å²) in [4.78, 5) is 32.9. The van der Waals surface area contributed by atoms with E-state index in [1.54, 1.807) is 0 Å². The minimum atomic E-state index is -2.83. The van der Waals surface area contributed by atoms with Crippen LogP contribution < -0.4 is 0 Å². The van der Waals surface area contributed by atoms with Gasteiger partial charge < -0.3 is 20.4 Å². The van der Waals surface area contributed by atoms with Crippen molar-refractivity contribution in [2.75, 3.05) is 0 Å². The Morgan fingerprint density at radius 3 is 1.50 bits per heavy atom. The van der Waals surface area contributed by atoms with Crippen molar-refractivity contribution in [2.45, 2.75) is 38.7 Å². The molecule has 0 saturated heterocycles. The topological polar surface area (TPSA) is 132 Å². The summed E-state index contributed by atoms with van der Waals surface area (Å²) in [5.41, 5.74) is -4.84. The second kappa shape index (κ2) is 6.99. The van der Waals surface area contributed by atoms with Crippen LogP contribution in [0.15, 0.2) is 0 Å². The summed E-state index contributed by atoms with van der Waals surface area (Å²) in [5, 5.41) is 36.7. The van der Waals surface area contributed by atoms with Crippen LogP contribution in [0.2, 0.25) is 0 Å². The van der Waals surface area contributed by atoms with E-state index >= 15 is 0 Å². The van der Waals surface area contributed by atoms with Gasteiger partial charge in [0.15, 0.2) is 5.60 Å². The van der Waals surface area contributed by atoms with Gasteiger partial charge in [-0.1, -0.05) is 13.8 Å². The first kappa shape index (κ1) is 19.6. The molecule has 0 aromatic heterocycles. The summed E-state index contributed by atoms with van der Waals surface area (Å²) in [6.07, 6.45) is -1.53. The second-order valence-electron chi connectivity index (χ2n) is 3.83. The number of carboxylic acids is 3. The van der Waals surface area contributed by atoms with Crippen molar-refractivity contribution in [2.24, 2.45) is 5.41 Å². The molecule has 0 aromatic carbocycles. The van der Waals surface area contributed by atoms with E-state index in [4.69, 9.17) is 15.3 Å². The Morgan fingerprint density at radius 2 is 1.33 bits per heavy atom. The number of carbonyl (C=O) groups is 3. The molecule has 1 atom stereocenters. The van der Waals surface area contributed by atoms with Gasteiger partial charge in [-0.15, -0.1) is 0 Å². The van der Waals surface area contributed by atoms with Crippen LogP contribution in [0.1, 0.15) is 33.1 Å². The monoisotopic (exact) mass is 338 g/mol. The maximum absolute atomic E-state index is 11.2. The molecule has 102 valence electrons. The van der Waals surface area contributed by atoms with Crippen molar-refractivity contribution in [3.63, 3.8) is 0 Å². The molecule has 0 fully saturated rings. The fraction of sp³-hybridized carbons (Fsp3) is 0.700. The van der Waals surface area contributed by atoms with Gasteiger partial charge in [0, 0.05) is 26.2 Å². The third-order valence-corrected chi connectivity index (χ3v) is 3.17. The molecule has 0 radical (unpaired) electrons. The van der Waals surface area contributed by atoms with E-state index in [2.05, 4.69) is 0 Å². The normalized spacial score (nSPS) is 14.2. The summed E-state index contributed by atoms with van der Waals surface area (Å²) >= 11 is 0. The van der Waals surface area contributed by atoms with Gasteiger partial charge in [0.2, 0.25) is 0 Å². The SMILES string of the molecule is CCC(CC)(C(=O)O)C(O)(CC(=O)O)C(=O)O.[Zr]. The van der Waals surface area contributed by atoms with Gasteiger partial charge in [-0.05, 0) is 12.8 Å². The second-order valence-corrected chi connectivity index (χ2v) is 3.83. The van der Waals surface area contributed by atoms with Gasteiger partial charge in [-0.25, -0.2) is 4.79 Å². The van der Waals surface area contributed by atoms with Crippen molar-refractivity contribution in [3.05, 3.63) is 0 Å². The predicted molar refractivity (Wildman–Crippen MR) is 55.5 cm³/mol. The van der Waals surface area contributed by atoms with E-state index in [9.17, 15) is 19.5 Å². The van der Waals surface area contributed by atoms with Crippen molar-refractivity contribution in [1.29, 1.82) is 0 Å². The summed E-state index contributed by atoms with van der Waals surface area (Å²) in [5.74, 6) is -4.93. The van der Waals surface area contributed by atoms with Crippen LogP contribution in [0.4, 0.5) is 0 Å². The van der Waals surface area contributed by atoms with Gasteiger partial charge in [0.05, 0.1) is 6.42 Å². The molecule has 0 saturated carbocycles. The molecular formula is C10H16O7Zr. The van der Waals surface area contributed by atoms with E-state index < -0.39 is 35.3 Å². The first-order valence-corrected chi connectivity index (χ1v) is 5.09. The van der Waals surface area contributed by atoms with Crippen molar-refractivity contribution >= 4 is 17.9 Å². The molecule has 8 heteroatoms. The molecule has 0 amide bonds. The molecule has 0 aliphatic carbocycles. The first-order valence-electron chi connectivity index (χ1n) is 5.09. The van der Waals surface area contributed by atoms with Crippen LogP contribution in [-0.2, 0) is 40.6 Å². The zero-order valence-electron chi connectivity index (χ0n) is 10.1. The molecule has 1 unspecified atom stereocenters. The maximum Gasteiger partial charge on any atom is 0.337 e. The number of carboxylic acid groups (broad SMARTS) is 3. The Labute approximate surface area is 123 Å². The van der Waals surface area contributed by atoms with Crippen LogP contribution in [-0.4, -0.2) is 43.9 Å². The van der Waals surface area contributed by atoms with E-state index in [0.717, 1.165) is 0 Å². The molecule has 7 nitrogen and oxygen atoms in total. The molecule has 18 heavy (non-hydrogen) atoms. The standard InChI is InChI=1S/C10H16O7.Zr/c1-3-9(4-2,7(13)14)10(17,8(15)16)5-6(11)12;/h17H,3-5H2,1-2H3,(H,11,12)(H,13,14)(H,15,16);. The average molecular weight is 339 g/mol. The number of hydrogen-bond donors (Lipinski definition) is 4. The average Bonchev–Trinajstić information content (AvgIpc) is 2.18. The minimum Gasteiger partial charge on any atom is -0.481 e. The minimum absolute atomic E-state index is 0. The summed E-state index contributed by atoms with van der Waals surface area (Å²) < 4.78 is 0. The predicted octanol–water partition coefficient (Wildman–Crippen LogP) is 0.165. The number of aliphatic hydroxyl groups is 1. The number of hydrogen-bond acceptors (Lipinski definition) is 4. The molecule has 0 rings (SSSR count). The van der Waals surface area contributed by atoms with Gasteiger partial charge in [-0.2, -0.15) is 0 Å². The molecule has 0 heterocycles. The zero-order chi connectivity index (χ0) is 13.9. The molecule has 0 aromatic rings. The van der Waals surface area contributed by atoms with Crippen LogP contribution in [0, 0.1) is 5.41 Å². The van der Waals surface area contributed by atoms with Crippen LogP contribution in [0.25, 0.3) is 0 Å². The van der Waals surface area contributed by atoms with Gasteiger partial charge in [0.25, 0.3) is 0 Å². The van der Waals surface area contributed by atoms with Crippen LogP contribution in [0.5, 0.6) is 0 Å². The zero-order valence-corrected chi connectivity index (χ0v) is 12.6. The molecule has 0 spiro atoms. The first-order chi connectivity index (χ1) is 7.67. The Balaban J connectivity index is 0. The third-order valence-electron chi connectivity index (χ3n) is 3.17. The van der Waals surface area contributed by atoms with Gasteiger partial charge in [-0.3, -0.25) is 9.59 Å². The maximum atomic E-state index is 11.2.